The maximum Gasteiger partial charge on any atom is 0.138 e. The minimum Gasteiger partial charge on any atom is -0.313 e. The predicted octanol–water partition coefficient (Wildman–Crippen LogP) is 2.72. The Morgan fingerprint density at radius 3 is 3.18 bits per heavy atom. The summed E-state index contributed by atoms with van der Waals surface area (Å²) in [4.78, 5) is 9.20. The molecule has 0 aromatic carbocycles. The molecule has 17 heavy (non-hydrogen) atoms. The number of fused-ring (bicyclic) bond motifs is 1. The van der Waals surface area contributed by atoms with Gasteiger partial charge in [-0.3, -0.25) is 0 Å². The van der Waals surface area contributed by atoms with Gasteiger partial charge in [-0.2, -0.15) is 11.8 Å². The Balaban J connectivity index is 2.08. The number of aromatic nitrogens is 2. The van der Waals surface area contributed by atoms with Gasteiger partial charge in [0.05, 0.1) is 5.75 Å². The lowest BCUT2D eigenvalue weighted by Gasteiger charge is -2.24. The molecule has 1 aromatic heterocycles. The van der Waals surface area contributed by atoms with Gasteiger partial charge in [0.25, 0.3) is 0 Å². The van der Waals surface area contributed by atoms with Crippen LogP contribution in [0.1, 0.15) is 49.3 Å². The lowest BCUT2D eigenvalue weighted by Crippen LogP contribution is -2.23. The second kappa shape index (κ2) is 6.36. The first-order valence-electron chi connectivity index (χ1n) is 6.44. The van der Waals surface area contributed by atoms with Crippen molar-refractivity contribution < 1.29 is 0 Å². The lowest BCUT2D eigenvalue weighted by molar-refractivity contribution is 0.486. The standard InChI is InChI=1S/C13H21N3S/c1-3-7-17-9-13-15-8-10-11(14-2)5-4-6-12(10)16-13/h8,11,14H,3-7,9H2,1-2H3. The maximum absolute atomic E-state index is 4.71. The van der Waals surface area contributed by atoms with Crippen molar-refractivity contribution in [3.63, 3.8) is 0 Å². The molecular weight excluding hydrogens is 230 g/mol. The fraction of sp³-hybridized carbons (Fsp3) is 0.692. The Kier molecular flexibility index (Phi) is 4.80. The number of nitrogens with one attached hydrogen (secondary N) is 1. The van der Waals surface area contributed by atoms with Gasteiger partial charge in [-0.25, -0.2) is 9.97 Å². The zero-order chi connectivity index (χ0) is 12.1. The van der Waals surface area contributed by atoms with E-state index in [1.165, 1.54) is 36.3 Å². The van der Waals surface area contributed by atoms with Crippen LogP contribution in [0.3, 0.4) is 0 Å². The summed E-state index contributed by atoms with van der Waals surface area (Å²) in [7, 11) is 2.02. The zero-order valence-electron chi connectivity index (χ0n) is 10.7. The molecule has 1 aliphatic rings. The molecule has 94 valence electrons. The van der Waals surface area contributed by atoms with Crippen molar-refractivity contribution in [1.29, 1.82) is 0 Å². The van der Waals surface area contributed by atoms with Crippen molar-refractivity contribution in [2.45, 2.75) is 44.4 Å². The molecule has 0 aliphatic heterocycles. The topological polar surface area (TPSA) is 37.8 Å². The summed E-state index contributed by atoms with van der Waals surface area (Å²) >= 11 is 1.92. The van der Waals surface area contributed by atoms with Gasteiger partial charge >= 0.3 is 0 Å². The highest BCUT2D eigenvalue weighted by atomic mass is 32.2. The van der Waals surface area contributed by atoms with Crippen molar-refractivity contribution in [1.82, 2.24) is 15.3 Å². The number of rotatable bonds is 5. The molecule has 0 bridgehead atoms. The van der Waals surface area contributed by atoms with E-state index in [-0.39, 0.29) is 0 Å². The monoisotopic (exact) mass is 251 g/mol. The molecule has 3 nitrogen and oxygen atoms in total. The summed E-state index contributed by atoms with van der Waals surface area (Å²) < 4.78 is 0. The van der Waals surface area contributed by atoms with Crippen LogP contribution in [0.4, 0.5) is 0 Å². The number of hydrogen-bond acceptors (Lipinski definition) is 4. The molecule has 1 aromatic rings. The Bertz CT molecular complexity index is 368. The SMILES string of the molecule is CCCSCc1ncc2c(n1)CCCC2NC. The van der Waals surface area contributed by atoms with Crippen molar-refractivity contribution in [2.75, 3.05) is 12.8 Å². The average Bonchev–Trinajstić information content (AvgIpc) is 2.38. The predicted molar refractivity (Wildman–Crippen MR) is 73.2 cm³/mol. The van der Waals surface area contributed by atoms with Crippen LogP contribution in [0.2, 0.25) is 0 Å². The van der Waals surface area contributed by atoms with E-state index in [1.807, 2.05) is 25.0 Å². The van der Waals surface area contributed by atoms with Gasteiger partial charge in [0, 0.05) is 23.5 Å². The van der Waals surface area contributed by atoms with Gasteiger partial charge in [0.1, 0.15) is 5.82 Å². The van der Waals surface area contributed by atoms with Crippen LogP contribution >= 0.6 is 11.8 Å². The Morgan fingerprint density at radius 1 is 1.53 bits per heavy atom. The van der Waals surface area contributed by atoms with Crippen LogP contribution in [0.25, 0.3) is 0 Å². The summed E-state index contributed by atoms with van der Waals surface area (Å²) in [6.07, 6.45) is 6.80. The third kappa shape index (κ3) is 3.19. The van der Waals surface area contributed by atoms with Gasteiger partial charge in [0.15, 0.2) is 0 Å². The number of hydrogen-bond donors (Lipinski definition) is 1. The summed E-state index contributed by atoms with van der Waals surface area (Å²) in [5.74, 6) is 3.14. The Hall–Kier alpha value is -0.610. The van der Waals surface area contributed by atoms with E-state index < -0.39 is 0 Å². The van der Waals surface area contributed by atoms with E-state index >= 15 is 0 Å². The maximum atomic E-state index is 4.71. The molecular formula is C13H21N3S. The fourth-order valence-electron chi connectivity index (χ4n) is 2.27. The second-order valence-corrected chi connectivity index (χ2v) is 5.58. The molecule has 0 amide bonds. The Labute approximate surface area is 108 Å². The van der Waals surface area contributed by atoms with Crippen molar-refractivity contribution in [3.05, 3.63) is 23.3 Å². The molecule has 0 fully saturated rings. The molecule has 1 heterocycles. The van der Waals surface area contributed by atoms with E-state index in [0.29, 0.717) is 6.04 Å². The van der Waals surface area contributed by atoms with Gasteiger partial charge in [-0.05, 0) is 38.5 Å². The Morgan fingerprint density at radius 2 is 2.41 bits per heavy atom. The van der Waals surface area contributed by atoms with Crippen molar-refractivity contribution in [2.24, 2.45) is 0 Å². The molecule has 0 saturated carbocycles. The second-order valence-electron chi connectivity index (χ2n) is 4.47. The summed E-state index contributed by atoms with van der Waals surface area (Å²) in [6.45, 7) is 2.21. The van der Waals surface area contributed by atoms with Crippen molar-refractivity contribution in [3.8, 4) is 0 Å². The van der Waals surface area contributed by atoms with Crippen LogP contribution in [-0.2, 0) is 12.2 Å². The fourth-order valence-corrected chi connectivity index (χ4v) is 3.02. The third-order valence-electron chi connectivity index (χ3n) is 3.16. The smallest absolute Gasteiger partial charge is 0.138 e. The van der Waals surface area contributed by atoms with E-state index in [0.717, 1.165) is 18.0 Å². The minimum atomic E-state index is 0.455. The highest BCUT2D eigenvalue weighted by molar-refractivity contribution is 7.98. The van der Waals surface area contributed by atoms with Gasteiger partial charge in [0.2, 0.25) is 0 Å². The van der Waals surface area contributed by atoms with E-state index in [1.54, 1.807) is 0 Å². The van der Waals surface area contributed by atoms with E-state index in [9.17, 15) is 0 Å². The number of thioether (sulfide) groups is 1. The molecule has 1 N–H and O–H groups in total. The molecule has 2 rings (SSSR count). The molecule has 4 heteroatoms. The summed E-state index contributed by atoms with van der Waals surface area (Å²) in [6, 6.07) is 0.455. The van der Waals surface area contributed by atoms with Crippen LogP contribution in [0.15, 0.2) is 6.20 Å². The molecule has 0 spiro atoms. The molecule has 0 saturated heterocycles. The molecule has 1 atom stereocenters. The minimum absolute atomic E-state index is 0.455. The average molecular weight is 251 g/mol. The molecule has 0 radical (unpaired) electrons. The number of nitrogens with zero attached hydrogens (tertiary/aromatic N) is 2. The van der Waals surface area contributed by atoms with Gasteiger partial charge in [-0.15, -0.1) is 0 Å². The molecule has 1 aliphatic carbocycles. The first-order valence-corrected chi connectivity index (χ1v) is 7.60. The van der Waals surface area contributed by atoms with Crippen LogP contribution in [0.5, 0.6) is 0 Å². The largest absolute Gasteiger partial charge is 0.313 e. The highest BCUT2D eigenvalue weighted by Gasteiger charge is 2.20. The van der Waals surface area contributed by atoms with Crippen molar-refractivity contribution >= 4 is 11.8 Å². The van der Waals surface area contributed by atoms with E-state index in [2.05, 4.69) is 17.2 Å². The third-order valence-corrected chi connectivity index (χ3v) is 4.32. The van der Waals surface area contributed by atoms with E-state index in [4.69, 9.17) is 4.98 Å². The highest BCUT2D eigenvalue weighted by Crippen LogP contribution is 2.27. The molecule has 1 unspecified atom stereocenters. The zero-order valence-corrected chi connectivity index (χ0v) is 11.5. The summed E-state index contributed by atoms with van der Waals surface area (Å²) in [5, 5.41) is 3.35. The first-order chi connectivity index (χ1) is 8.35. The lowest BCUT2D eigenvalue weighted by atomic mass is 9.92. The van der Waals surface area contributed by atoms with Crippen LogP contribution in [0, 0.1) is 0 Å². The van der Waals surface area contributed by atoms with Crippen LogP contribution < -0.4 is 5.32 Å². The van der Waals surface area contributed by atoms with Crippen LogP contribution in [-0.4, -0.2) is 22.8 Å². The summed E-state index contributed by atoms with van der Waals surface area (Å²) in [5.41, 5.74) is 2.57. The normalized spacial score (nSPS) is 19.1. The quantitative estimate of drug-likeness (QED) is 0.817. The van der Waals surface area contributed by atoms with Gasteiger partial charge < -0.3 is 5.32 Å². The van der Waals surface area contributed by atoms with Gasteiger partial charge in [-0.1, -0.05) is 6.92 Å². The number of aryl methyl sites for hydroxylation is 1. The first kappa shape index (κ1) is 12.8.